The van der Waals surface area contributed by atoms with Gasteiger partial charge in [0.2, 0.25) is 5.95 Å². The number of aryl methyl sites for hydroxylation is 1. The SMILES string of the molecule is Cn1ncc(Cl)c1C(=O)Nc1ncn(Cc2ccc(Cl)c(Cl)c2)n1. The van der Waals surface area contributed by atoms with Gasteiger partial charge in [0.1, 0.15) is 12.0 Å². The van der Waals surface area contributed by atoms with Crippen LogP contribution in [-0.4, -0.2) is 30.5 Å². The number of nitrogens with zero attached hydrogens (tertiary/aromatic N) is 5. The number of nitrogens with one attached hydrogen (secondary N) is 1. The molecule has 124 valence electrons. The molecule has 2 aromatic heterocycles. The van der Waals surface area contributed by atoms with E-state index in [4.69, 9.17) is 34.8 Å². The Kier molecular flexibility index (Phi) is 4.75. The fourth-order valence-electron chi connectivity index (χ4n) is 2.08. The van der Waals surface area contributed by atoms with Crippen molar-refractivity contribution in [2.45, 2.75) is 6.54 Å². The second kappa shape index (κ2) is 6.80. The molecule has 0 bridgehead atoms. The summed E-state index contributed by atoms with van der Waals surface area (Å²) in [6, 6.07) is 5.30. The van der Waals surface area contributed by atoms with Gasteiger partial charge in [-0.3, -0.25) is 14.8 Å². The molecule has 3 aromatic rings. The molecular weight excluding hydrogens is 375 g/mol. The zero-order valence-electron chi connectivity index (χ0n) is 12.4. The molecule has 0 aliphatic carbocycles. The quantitative estimate of drug-likeness (QED) is 0.747. The molecule has 2 heterocycles. The van der Waals surface area contributed by atoms with E-state index in [1.165, 1.54) is 17.2 Å². The van der Waals surface area contributed by atoms with Crippen LogP contribution in [0.25, 0.3) is 0 Å². The molecule has 0 fully saturated rings. The average Bonchev–Trinajstić information content (AvgIpc) is 3.09. The molecule has 0 saturated heterocycles. The van der Waals surface area contributed by atoms with Crippen LogP contribution in [0.4, 0.5) is 5.95 Å². The number of carbonyl (C=O) groups excluding carboxylic acids is 1. The minimum absolute atomic E-state index is 0.164. The number of hydrogen-bond donors (Lipinski definition) is 1. The fourth-order valence-corrected chi connectivity index (χ4v) is 2.65. The average molecular weight is 386 g/mol. The van der Waals surface area contributed by atoms with Gasteiger partial charge in [0.05, 0.1) is 27.8 Å². The summed E-state index contributed by atoms with van der Waals surface area (Å²) < 4.78 is 2.95. The lowest BCUT2D eigenvalue weighted by atomic mass is 10.2. The van der Waals surface area contributed by atoms with Gasteiger partial charge in [0.25, 0.3) is 5.91 Å². The Morgan fingerprint density at radius 3 is 2.67 bits per heavy atom. The maximum absolute atomic E-state index is 12.2. The van der Waals surface area contributed by atoms with Crippen LogP contribution in [-0.2, 0) is 13.6 Å². The van der Waals surface area contributed by atoms with Crippen molar-refractivity contribution in [3.63, 3.8) is 0 Å². The van der Waals surface area contributed by atoms with Gasteiger partial charge in [-0.1, -0.05) is 40.9 Å². The van der Waals surface area contributed by atoms with Crippen molar-refractivity contribution < 1.29 is 4.79 Å². The monoisotopic (exact) mass is 384 g/mol. The number of benzene rings is 1. The highest BCUT2D eigenvalue weighted by molar-refractivity contribution is 6.42. The van der Waals surface area contributed by atoms with Crippen LogP contribution in [0.5, 0.6) is 0 Å². The van der Waals surface area contributed by atoms with Crippen molar-refractivity contribution >= 4 is 46.7 Å². The van der Waals surface area contributed by atoms with Gasteiger partial charge in [-0.25, -0.2) is 9.67 Å². The lowest BCUT2D eigenvalue weighted by Crippen LogP contribution is -2.17. The first-order valence-electron chi connectivity index (χ1n) is 6.76. The Morgan fingerprint density at radius 1 is 1.21 bits per heavy atom. The first-order valence-corrected chi connectivity index (χ1v) is 7.89. The van der Waals surface area contributed by atoms with Crippen molar-refractivity contribution in [1.82, 2.24) is 24.5 Å². The Morgan fingerprint density at radius 2 is 2.00 bits per heavy atom. The van der Waals surface area contributed by atoms with E-state index in [-0.39, 0.29) is 16.7 Å². The normalized spacial score (nSPS) is 10.8. The number of amides is 1. The number of anilines is 1. The Bertz CT molecular complexity index is 884. The molecule has 24 heavy (non-hydrogen) atoms. The van der Waals surface area contributed by atoms with E-state index in [9.17, 15) is 4.79 Å². The molecule has 1 amide bonds. The van der Waals surface area contributed by atoms with Gasteiger partial charge in [0, 0.05) is 7.05 Å². The Balaban J connectivity index is 1.71. The van der Waals surface area contributed by atoms with Crippen LogP contribution in [0, 0.1) is 0 Å². The Labute approximate surface area is 152 Å². The number of hydrogen-bond acceptors (Lipinski definition) is 4. The third kappa shape index (κ3) is 3.53. The third-order valence-electron chi connectivity index (χ3n) is 3.20. The van der Waals surface area contributed by atoms with Crippen molar-refractivity contribution in [3.8, 4) is 0 Å². The van der Waals surface area contributed by atoms with Crippen LogP contribution >= 0.6 is 34.8 Å². The third-order valence-corrected chi connectivity index (χ3v) is 4.22. The number of halogens is 3. The standard InChI is InChI=1S/C14H11Cl3N6O/c1-22-12(11(17)5-19-22)13(24)20-14-18-7-23(21-14)6-8-2-3-9(15)10(16)4-8/h2-5,7H,6H2,1H3,(H,20,21,24). The molecule has 0 spiro atoms. The van der Waals surface area contributed by atoms with Gasteiger partial charge in [-0.15, -0.1) is 5.10 Å². The lowest BCUT2D eigenvalue weighted by molar-refractivity contribution is 0.101. The summed E-state index contributed by atoms with van der Waals surface area (Å²) in [4.78, 5) is 16.2. The van der Waals surface area contributed by atoms with Crippen molar-refractivity contribution in [3.05, 3.63) is 57.0 Å². The molecule has 10 heteroatoms. The molecule has 3 rings (SSSR count). The highest BCUT2D eigenvalue weighted by Crippen LogP contribution is 2.23. The summed E-state index contributed by atoms with van der Waals surface area (Å²) in [5.41, 5.74) is 1.14. The van der Waals surface area contributed by atoms with Gasteiger partial charge >= 0.3 is 0 Å². The highest BCUT2D eigenvalue weighted by atomic mass is 35.5. The first kappa shape index (κ1) is 16.8. The van der Waals surface area contributed by atoms with Crippen LogP contribution in [0.3, 0.4) is 0 Å². The number of carbonyl (C=O) groups is 1. The van der Waals surface area contributed by atoms with E-state index in [0.29, 0.717) is 16.6 Å². The van der Waals surface area contributed by atoms with E-state index in [0.717, 1.165) is 5.56 Å². The topological polar surface area (TPSA) is 77.6 Å². The smallest absolute Gasteiger partial charge is 0.277 e. The van der Waals surface area contributed by atoms with Gasteiger partial charge < -0.3 is 0 Å². The molecular formula is C14H11Cl3N6O. The summed E-state index contributed by atoms with van der Waals surface area (Å²) in [5.74, 6) is -0.274. The number of aromatic nitrogens is 5. The molecule has 7 nitrogen and oxygen atoms in total. The van der Waals surface area contributed by atoms with Crippen LogP contribution in [0.2, 0.25) is 15.1 Å². The molecule has 1 aromatic carbocycles. The van der Waals surface area contributed by atoms with Gasteiger partial charge in [0.15, 0.2) is 0 Å². The van der Waals surface area contributed by atoms with Crippen molar-refractivity contribution in [2.75, 3.05) is 5.32 Å². The second-order valence-electron chi connectivity index (χ2n) is 4.93. The molecule has 0 aliphatic rings. The largest absolute Gasteiger partial charge is 0.288 e. The van der Waals surface area contributed by atoms with Gasteiger partial charge in [-0.05, 0) is 17.7 Å². The predicted molar refractivity (Wildman–Crippen MR) is 91.8 cm³/mol. The predicted octanol–water partition coefficient (Wildman–Crippen LogP) is 3.27. The van der Waals surface area contributed by atoms with E-state index >= 15 is 0 Å². The van der Waals surface area contributed by atoms with Crippen molar-refractivity contribution in [1.29, 1.82) is 0 Å². The van der Waals surface area contributed by atoms with Crippen LogP contribution in [0.15, 0.2) is 30.7 Å². The lowest BCUT2D eigenvalue weighted by Gasteiger charge is -2.03. The molecule has 0 saturated carbocycles. The molecule has 0 radical (unpaired) electrons. The maximum Gasteiger partial charge on any atom is 0.277 e. The molecule has 1 N–H and O–H groups in total. The summed E-state index contributed by atoms with van der Waals surface area (Å²) in [6.45, 7) is 0.437. The maximum atomic E-state index is 12.2. The van der Waals surface area contributed by atoms with E-state index in [1.807, 2.05) is 6.07 Å². The fraction of sp³-hybridized carbons (Fsp3) is 0.143. The summed E-state index contributed by atoms with van der Waals surface area (Å²) in [7, 11) is 1.62. The van der Waals surface area contributed by atoms with E-state index in [1.54, 1.807) is 23.9 Å². The Hall–Kier alpha value is -2.09. The minimum atomic E-state index is -0.438. The highest BCUT2D eigenvalue weighted by Gasteiger charge is 2.17. The molecule has 0 atom stereocenters. The molecule has 0 unspecified atom stereocenters. The van der Waals surface area contributed by atoms with E-state index < -0.39 is 5.91 Å². The van der Waals surface area contributed by atoms with Crippen LogP contribution < -0.4 is 5.32 Å². The molecule has 0 aliphatic heterocycles. The van der Waals surface area contributed by atoms with Gasteiger partial charge in [-0.2, -0.15) is 5.10 Å². The zero-order chi connectivity index (χ0) is 17.3. The first-order chi connectivity index (χ1) is 11.4. The summed E-state index contributed by atoms with van der Waals surface area (Å²) in [6.07, 6.45) is 2.90. The summed E-state index contributed by atoms with van der Waals surface area (Å²) >= 11 is 17.8. The van der Waals surface area contributed by atoms with Crippen molar-refractivity contribution in [2.24, 2.45) is 7.05 Å². The summed E-state index contributed by atoms with van der Waals surface area (Å²) in [5, 5.41) is 11.9. The second-order valence-corrected chi connectivity index (χ2v) is 6.15. The van der Waals surface area contributed by atoms with Crippen LogP contribution in [0.1, 0.15) is 16.1 Å². The number of rotatable bonds is 4. The zero-order valence-corrected chi connectivity index (χ0v) is 14.6. The minimum Gasteiger partial charge on any atom is -0.288 e. The van der Waals surface area contributed by atoms with E-state index in [2.05, 4.69) is 20.5 Å².